The number of halogens is 2. The van der Waals surface area contributed by atoms with E-state index in [9.17, 15) is 8.78 Å². The Morgan fingerprint density at radius 2 is 1.83 bits per heavy atom. The van der Waals surface area contributed by atoms with E-state index in [2.05, 4.69) is 68.7 Å². The van der Waals surface area contributed by atoms with Gasteiger partial charge in [0.2, 0.25) is 0 Å². The van der Waals surface area contributed by atoms with Crippen molar-refractivity contribution in [1.29, 1.82) is 0 Å². The maximum atomic E-state index is 14.5. The molecule has 0 saturated carbocycles. The van der Waals surface area contributed by atoms with E-state index < -0.39 is 6.17 Å². The number of likely N-dealkylation sites (N-methyl/N-ethyl adjacent to an activating group) is 1. The van der Waals surface area contributed by atoms with Gasteiger partial charge in [0.05, 0.1) is 30.6 Å². The second-order valence-corrected chi connectivity index (χ2v) is 14.8. The van der Waals surface area contributed by atoms with Crippen LogP contribution in [0.3, 0.4) is 0 Å². The second kappa shape index (κ2) is 14.5. The van der Waals surface area contributed by atoms with Gasteiger partial charge in [-0.2, -0.15) is 15.1 Å². The number of methoxy groups -OCH3 is 1. The van der Waals surface area contributed by atoms with E-state index >= 15 is 0 Å². The highest BCUT2D eigenvalue weighted by Crippen LogP contribution is 2.38. The zero-order chi connectivity index (χ0) is 35.9. The highest BCUT2D eigenvalue weighted by atomic mass is 19.1. The smallest absolute Gasteiger partial charge is 0.318 e. The van der Waals surface area contributed by atoms with E-state index in [4.69, 9.17) is 19.8 Å². The fourth-order valence-corrected chi connectivity index (χ4v) is 8.77. The van der Waals surface area contributed by atoms with E-state index in [1.165, 1.54) is 30.0 Å². The summed E-state index contributed by atoms with van der Waals surface area (Å²) in [4.78, 5) is 21.5. The van der Waals surface area contributed by atoms with Gasteiger partial charge in [0.25, 0.3) is 0 Å². The van der Waals surface area contributed by atoms with E-state index in [1.54, 1.807) is 13.2 Å². The molecular formula is C40H49F2N9O. The van der Waals surface area contributed by atoms with Crippen molar-refractivity contribution in [3.05, 3.63) is 82.4 Å². The number of aryl methyl sites for hydroxylation is 3. The summed E-state index contributed by atoms with van der Waals surface area (Å²) in [6, 6.07) is 17.2. The number of rotatable bonds is 6. The number of aromatic nitrogens is 6. The number of nitrogens with zero attached hydrogens (tertiary/aromatic N) is 9. The lowest BCUT2D eigenvalue weighted by Crippen LogP contribution is -2.35. The Hall–Kier alpha value is -4.42. The Bertz CT molecular complexity index is 2050. The van der Waals surface area contributed by atoms with Crippen LogP contribution in [0.15, 0.2) is 48.5 Å². The van der Waals surface area contributed by atoms with Gasteiger partial charge in [-0.05, 0) is 75.0 Å². The molecular weight excluding hydrogens is 660 g/mol. The number of alkyl halides is 1. The average molecular weight is 710 g/mol. The summed E-state index contributed by atoms with van der Waals surface area (Å²) < 4.78 is 36.7. The SMILES string of the molecule is CCCc1ccccc1C1Cc2nc(OC)nc(N3CCCn4nc(-c5nc6c(F)cccc6n5C)cc4C3)c2CN1C.FC1CC2CCCN2C1. The molecule has 0 radical (unpaired) electrons. The molecule has 12 heteroatoms. The van der Waals surface area contributed by atoms with Crippen molar-refractivity contribution < 1.29 is 13.5 Å². The number of anilines is 1. The lowest BCUT2D eigenvalue weighted by Gasteiger charge is -2.37. The largest absolute Gasteiger partial charge is 0.467 e. The van der Waals surface area contributed by atoms with Crippen LogP contribution < -0.4 is 9.64 Å². The van der Waals surface area contributed by atoms with Crippen LogP contribution >= 0.6 is 0 Å². The molecule has 7 heterocycles. The van der Waals surface area contributed by atoms with E-state index in [0.29, 0.717) is 36.5 Å². The van der Waals surface area contributed by atoms with Crippen LogP contribution in [-0.2, 0) is 39.5 Å². The van der Waals surface area contributed by atoms with Crippen molar-refractivity contribution in [1.82, 2.24) is 39.1 Å². The number of para-hydroxylation sites is 1. The molecule has 0 N–H and O–H groups in total. The highest BCUT2D eigenvalue weighted by Gasteiger charge is 2.35. The van der Waals surface area contributed by atoms with Gasteiger partial charge in [0.15, 0.2) is 11.6 Å². The van der Waals surface area contributed by atoms with Gasteiger partial charge in [-0.25, -0.2) is 13.8 Å². The molecule has 0 aliphatic carbocycles. The molecule has 3 aromatic heterocycles. The predicted octanol–water partition coefficient (Wildman–Crippen LogP) is 6.66. The maximum Gasteiger partial charge on any atom is 0.318 e. The Morgan fingerprint density at radius 1 is 0.962 bits per heavy atom. The van der Waals surface area contributed by atoms with Gasteiger partial charge in [-0.3, -0.25) is 14.5 Å². The zero-order valence-corrected chi connectivity index (χ0v) is 30.7. The number of hydrogen-bond donors (Lipinski definition) is 0. The third-order valence-corrected chi connectivity index (χ3v) is 11.4. The molecule has 10 nitrogen and oxygen atoms in total. The van der Waals surface area contributed by atoms with Crippen molar-refractivity contribution in [2.24, 2.45) is 7.05 Å². The molecule has 0 bridgehead atoms. The second-order valence-electron chi connectivity index (χ2n) is 14.8. The monoisotopic (exact) mass is 709 g/mol. The maximum absolute atomic E-state index is 14.5. The van der Waals surface area contributed by atoms with Crippen LogP contribution in [0, 0.1) is 5.82 Å². The van der Waals surface area contributed by atoms with Crippen LogP contribution in [0.1, 0.15) is 73.1 Å². The molecule has 5 aromatic rings. The zero-order valence-electron chi connectivity index (χ0n) is 30.7. The van der Waals surface area contributed by atoms with Crippen molar-refractivity contribution >= 4 is 16.9 Å². The third-order valence-electron chi connectivity index (χ3n) is 11.4. The number of ether oxygens (including phenoxy) is 1. The van der Waals surface area contributed by atoms with Crippen molar-refractivity contribution in [2.45, 2.75) is 89.8 Å². The first-order chi connectivity index (χ1) is 25.3. The average Bonchev–Trinajstić information content (AvgIpc) is 3.89. The minimum absolute atomic E-state index is 0.244. The normalized spacial score (nSPS) is 21.7. The minimum atomic E-state index is -0.518. The predicted molar refractivity (Wildman–Crippen MR) is 199 cm³/mol. The van der Waals surface area contributed by atoms with E-state index in [0.717, 1.165) is 92.3 Å². The molecule has 0 spiro atoms. The topological polar surface area (TPSA) is 80.4 Å². The molecule has 0 amide bonds. The summed E-state index contributed by atoms with van der Waals surface area (Å²) in [6.45, 7) is 7.11. The molecule has 2 aromatic carbocycles. The van der Waals surface area contributed by atoms with Gasteiger partial charge in [0, 0.05) is 57.3 Å². The third kappa shape index (κ3) is 6.55. The van der Waals surface area contributed by atoms with E-state index in [-0.39, 0.29) is 11.9 Å². The number of fused-ring (bicyclic) bond motifs is 4. The first-order valence-corrected chi connectivity index (χ1v) is 18.8. The van der Waals surface area contributed by atoms with Crippen LogP contribution in [-0.4, -0.2) is 85.1 Å². The summed E-state index contributed by atoms with van der Waals surface area (Å²) in [6.07, 6.45) is 6.71. The Morgan fingerprint density at radius 3 is 2.63 bits per heavy atom. The molecule has 9 rings (SSSR count). The summed E-state index contributed by atoms with van der Waals surface area (Å²) in [5, 5.41) is 4.91. The molecule has 3 atom stereocenters. The molecule has 2 fully saturated rings. The van der Waals surface area contributed by atoms with Crippen LogP contribution in [0.25, 0.3) is 22.6 Å². The fourth-order valence-electron chi connectivity index (χ4n) is 8.77. The molecule has 274 valence electrons. The summed E-state index contributed by atoms with van der Waals surface area (Å²) in [5.74, 6) is 1.26. The van der Waals surface area contributed by atoms with Crippen molar-refractivity contribution in [2.75, 3.05) is 38.7 Å². The molecule has 52 heavy (non-hydrogen) atoms. The number of hydrogen-bond acceptors (Lipinski definition) is 8. The Balaban J connectivity index is 0.000000372. The summed E-state index contributed by atoms with van der Waals surface area (Å²) >= 11 is 0. The molecule has 2 saturated heterocycles. The Kier molecular flexibility index (Phi) is 9.69. The highest BCUT2D eigenvalue weighted by molar-refractivity contribution is 5.80. The number of imidazole rings is 1. The first kappa shape index (κ1) is 34.7. The van der Waals surface area contributed by atoms with Crippen LogP contribution in [0.2, 0.25) is 0 Å². The van der Waals surface area contributed by atoms with E-state index in [1.807, 2.05) is 17.7 Å². The lowest BCUT2D eigenvalue weighted by atomic mass is 9.89. The van der Waals surface area contributed by atoms with Gasteiger partial charge >= 0.3 is 6.01 Å². The van der Waals surface area contributed by atoms with Crippen molar-refractivity contribution in [3.63, 3.8) is 0 Å². The van der Waals surface area contributed by atoms with Crippen molar-refractivity contribution in [3.8, 4) is 17.5 Å². The summed E-state index contributed by atoms with van der Waals surface area (Å²) in [7, 11) is 5.75. The first-order valence-electron chi connectivity index (χ1n) is 18.8. The van der Waals surface area contributed by atoms with Gasteiger partial charge in [0.1, 0.15) is 23.2 Å². The van der Waals surface area contributed by atoms with Gasteiger partial charge in [-0.1, -0.05) is 43.7 Å². The molecule has 4 aliphatic rings. The summed E-state index contributed by atoms with van der Waals surface area (Å²) in [5.41, 5.74) is 7.93. The molecule has 3 unspecified atom stereocenters. The van der Waals surface area contributed by atoms with Gasteiger partial charge < -0.3 is 14.2 Å². The van der Waals surface area contributed by atoms with Crippen LogP contribution in [0.4, 0.5) is 14.6 Å². The molecule has 4 aliphatic heterocycles. The Labute approximate surface area is 304 Å². The van der Waals surface area contributed by atoms with Crippen LogP contribution in [0.5, 0.6) is 6.01 Å². The quantitative estimate of drug-likeness (QED) is 0.194. The standard InChI is InChI=1S/C33H37FN8O.C7H12FN/c1-5-10-21-11-6-7-12-23(21)29-18-26-24(20-39(29)2)31(37-33(35-26)43-4)41-15-9-16-42-22(19-41)17-27(38-42)32-36-30-25(34)13-8-14-28(30)40(32)3;8-6-4-7-2-1-3-9(7)5-6/h6-8,11-14,17,29H,5,9-10,15-16,18-20H2,1-4H3;6-7H,1-5H2. The van der Waals surface area contributed by atoms with Gasteiger partial charge in [-0.15, -0.1) is 0 Å². The number of benzene rings is 2. The minimum Gasteiger partial charge on any atom is -0.467 e. The lowest BCUT2D eigenvalue weighted by molar-refractivity contribution is 0.212. The fraction of sp³-hybridized carbons (Fsp3) is 0.500.